The Morgan fingerprint density at radius 2 is 2.25 bits per heavy atom. The first-order valence-corrected chi connectivity index (χ1v) is 7.47. The van der Waals surface area contributed by atoms with Gasteiger partial charge in [0, 0.05) is 6.54 Å². The first kappa shape index (κ1) is 13.4. The van der Waals surface area contributed by atoms with Gasteiger partial charge in [-0.3, -0.25) is 4.79 Å². The maximum absolute atomic E-state index is 12.6. The number of nitrogens with one attached hydrogen (secondary N) is 1. The van der Waals surface area contributed by atoms with Crippen LogP contribution in [0.25, 0.3) is 0 Å². The number of methoxy groups -OCH3 is 1. The summed E-state index contributed by atoms with van der Waals surface area (Å²) in [5, 5.41) is 3.31. The summed E-state index contributed by atoms with van der Waals surface area (Å²) in [5.74, 6) is 1.13. The Morgan fingerprint density at radius 3 is 3.00 bits per heavy atom. The molecule has 2 aliphatic heterocycles. The second-order valence-electron chi connectivity index (χ2n) is 5.62. The van der Waals surface area contributed by atoms with E-state index in [0.717, 1.165) is 44.5 Å². The zero-order valence-electron chi connectivity index (χ0n) is 12.0. The molecule has 0 aromatic heterocycles. The van der Waals surface area contributed by atoms with Crippen molar-refractivity contribution in [2.45, 2.75) is 37.8 Å². The van der Waals surface area contributed by atoms with Crippen LogP contribution < -0.4 is 10.1 Å². The van der Waals surface area contributed by atoms with Crippen LogP contribution >= 0.6 is 0 Å². The van der Waals surface area contributed by atoms with E-state index >= 15 is 0 Å². The topological polar surface area (TPSA) is 41.6 Å². The van der Waals surface area contributed by atoms with Gasteiger partial charge in [-0.2, -0.15) is 0 Å². The molecular formula is C16H22N2O2. The average Bonchev–Trinajstić information content (AvgIpc) is 3.17. The summed E-state index contributed by atoms with van der Waals surface area (Å²) in [4.78, 5) is 14.7. The first-order valence-electron chi connectivity index (χ1n) is 7.47. The molecule has 0 radical (unpaired) electrons. The molecule has 0 saturated carbocycles. The number of hydrogen-bond donors (Lipinski definition) is 1. The van der Waals surface area contributed by atoms with Gasteiger partial charge in [-0.15, -0.1) is 0 Å². The second-order valence-corrected chi connectivity index (χ2v) is 5.62. The van der Waals surface area contributed by atoms with Crippen molar-refractivity contribution in [1.82, 2.24) is 10.2 Å². The fourth-order valence-corrected chi connectivity index (χ4v) is 3.32. The summed E-state index contributed by atoms with van der Waals surface area (Å²) in [6.45, 7) is 1.84. The van der Waals surface area contributed by atoms with E-state index in [1.54, 1.807) is 7.11 Å². The van der Waals surface area contributed by atoms with E-state index in [1.165, 1.54) is 5.56 Å². The molecule has 2 heterocycles. The van der Waals surface area contributed by atoms with Gasteiger partial charge in [-0.05, 0) is 49.9 Å². The number of hydrogen-bond acceptors (Lipinski definition) is 3. The Hall–Kier alpha value is -1.55. The monoisotopic (exact) mass is 274 g/mol. The predicted molar refractivity (Wildman–Crippen MR) is 77.7 cm³/mol. The number of ether oxygens (including phenoxy) is 1. The molecule has 1 unspecified atom stereocenters. The SMILES string of the molecule is COc1cccc(C2CCCN2C(=O)[C@@H]2CCCN2)c1. The van der Waals surface area contributed by atoms with Crippen molar-refractivity contribution >= 4 is 5.91 Å². The molecule has 108 valence electrons. The van der Waals surface area contributed by atoms with E-state index in [2.05, 4.69) is 22.3 Å². The van der Waals surface area contributed by atoms with Crippen LogP contribution in [0.2, 0.25) is 0 Å². The third-order valence-corrected chi connectivity index (χ3v) is 4.37. The Labute approximate surface area is 120 Å². The number of likely N-dealkylation sites (tertiary alicyclic amines) is 1. The average molecular weight is 274 g/mol. The van der Waals surface area contributed by atoms with Crippen LogP contribution in [0.15, 0.2) is 24.3 Å². The third kappa shape index (κ3) is 2.52. The van der Waals surface area contributed by atoms with Gasteiger partial charge in [0.15, 0.2) is 0 Å². The van der Waals surface area contributed by atoms with E-state index in [1.807, 2.05) is 12.1 Å². The van der Waals surface area contributed by atoms with Gasteiger partial charge in [0.25, 0.3) is 0 Å². The molecule has 2 saturated heterocycles. The number of carbonyl (C=O) groups is 1. The molecule has 3 rings (SSSR count). The number of nitrogens with zero attached hydrogens (tertiary/aromatic N) is 1. The van der Waals surface area contributed by atoms with Crippen LogP contribution in [0.4, 0.5) is 0 Å². The molecule has 0 aliphatic carbocycles. The molecule has 0 bridgehead atoms. The lowest BCUT2D eigenvalue weighted by atomic mass is 10.0. The van der Waals surface area contributed by atoms with Gasteiger partial charge in [-0.1, -0.05) is 12.1 Å². The largest absolute Gasteiger partial charge is 0.497 e. The molecular weight excluding hydrogens is 252 g/mol. The summed E-state index contributed by atoms with van der Waals surface area (Å²) in [6, 6.07) is 8.34. The zero-order valence-corrected chi connectivity index (χ0v) is 12.0. The second kappa shape index (κ2) is 5.83. The summed E-state index contributed by atoms with van der Waals surface area (Å²) >= 11 is 0. The van der Waals surface area contributed by atoms with Crippen molar-refractivity contribution in [2.75, 3.05) is 20.2 Å². The van der Waals surface area contributed by atoms with Gasteiger partial charge < -0.3 is 15.0 Å². The van der Waals surface area contributed by atoms with Crippen LogP contribution in [-0.2, 0) is 4.79 Å². The molecule has 20 heavy (non-hydrogen) atoms. The van der Waals surface area contributed by atoms with E-state index in [9.17, 15) is 4.79 Å². The quantitative estimate of drug-likeness (QED) is 0.918. The fraction of sp³-hybridized carbons (Fsp3) is 0.562. The van der Waals surface area contributed by atoms with Crippen LogP contribution in [-0.4, -0.2) is 37.0 Å². The smallest absolute Gasteiger partial charge is 0.240 e. The summed E-state index contributed by atoms with van der Waals surface area (Å²) in [5.41, 5.74) is 1.19. The number of benzene rings is 1. The van der Waals surface area contributed by atoms with Crippen LogP contribution in [0, 0.1) is 0 Å². The Kier molecular flexibility index (Phi) is 3.92. The molecule has 2 atom stereocenters. The van der Waals surface area contributed by atoms with E-state index in [4.69, 9.17) is 4.74 Å². The standard InChI is InChI=1S/C16H22N2O2/c1-20-13-6-2-5-12(11-13)15-8-4-10-18(15)16(19)14-7-3-9-17-14/h2,5-6,11,14-15,17H,3-4,7-10H2,1H3/t14-,15?/m0/s1. The lowest BCUT2D eigenvalue weighted by Crippen LogP contribution is -2.43. The first-order chi connectivity index (χ1) is 9.79. The van der Waals surface area contributed by atoms with Crippen LogP contribution in [0.5, 0.6) is 5.75 Å². The van der Waals surface area contributed by atoms with Crippen LogP contribution in [0.3, 0.4) is 0 Å². The van der Waals surface area contributed by atoms with Gasteiger partial charge in [0.05, 0.1) is 19.2 Å². The van der Waals surface area contributed by atoms with Gasteiger partial charge >= 0.3 is 0 Å². The predicted octanol–water partition coefficient (Wildman–Crippen LogP) is 2.11. The van der Waals surface area contributed by atoms with E-state index in [-0.39, 0.29) is 18.0 Å². The highest BCUT2D eigenvalue weighted by atomic mass is 16.5. The van der Waals surface area contributed by atoms with Crippen molar-refractivity contribution < 1.29 is 9.53 Å². The molecule has 4 nitrogen and oxygen atoms in total. The van der Waals surface area contributed by atoms with Crippen molar-refractivity contribution in [2.24, 2.45) is 0 Å². The van der Waals surface area contributed by atoms with Crippen molar-refractivity contribution in [3.8, 4) is 5.75 Å². The highest BCUT2D eigenvalue weighted by Crippen LogP contribution is 2.34. The number of rotatable bonds is 3. The van der Waals surface area contributed by atoms with Gasteiger partial charge in [0.2, 0.25) is 5.91 Å². The van der Waals surface area contributed by atoms with Crippen LogP contribution in [0.1, 0.15) is 37.3 Å². The summed E-state index contributed by atoms with van der Waals surface area (Å²) in [7, 11) is 1.68. The molecule has 0 spiro atoms. The number of amides is 1. The summed E-state index contributed by atoms with van der Waals surface area (Å²) < 4.78 is 5.29. The highest BCUT2D eigenvalue weighted by Gasteiger charge is 2.34. The van der Waals surface area contributed by atoms with Gasteiger partial charge in [-0.25, -0.2) is 0 Å². The lowest BCUT2D eigenvalue weighted by Gasteiger charge is -2.28. The third-order valence-electron chi connectivity index (χ3n) is 4.37. The minimum absolute atomic E-state index is 0.0289. The zero-order chi connectivity index (χ0) is 13.9. The molecule has 1 amide bonds. The molecule has 1 aromatic rings. The Bertz CT molecular complexity index is 483. The maximum atomic E-state index is 12.6. The Balaban J connectivity index is 1.79. The molecule has 1 aromatic carbocycles. The Morgan fingerprint density at radius 1 is 1.35 bits per heavy atom. The highest BCUT2D eigenvalue weighted by molar-refractivity contribution is 5.83. The number of carbonyl (C=O) groups excluding carboxylic acids is 1. The van der Waals surface area contributed by atoms with Crippen molar-refractivity contribution in [3.63, 3.8) is 0 Å². The maximum Gasteiger partial charge on any atom is 0.240 e. The summed E-state index contributed by atoms with van der Waals surface area (Å²) in [6.07, 6.45) is 4.21. The molecule has 1 N–H and O–H groups in total. The molecule has 2 fully saturated rings. The van der Waals surface area contributed by atoms with Crippen molar-refractivity contribution in [1.29, 1.82) is 0 Å². The fourth-order valence-electron chi connectivity index (χ4n) is 3.32. The van der Waals surface area contributed by atoms with E-state index in [0.29, 0.717) is 0 Å². The van der Waals surface area contributed by atoms with Crippen molar-refractivity contribution in [3.05, 3.63) is 29.8 Å². The normalized spacial score (nSPS) is 25.9. The van der Waals surface area contributed by atoms with E-state index < -0.39 is 0 Å². The van der Waals surface area contributed by atoms with Gasteiger partial charge in [0.1, 0.15) is 5.75 Å². The lowest BCUT2D eigenvalue weighted by molar-refractivity contribution is -0.134. The minimum atomic E-state index is 0.0289. The molecule has 4 heteroatoms. The minimum Gasteiger partial charge on any atom is -0.497 e. The molecule has 2 aliphatic rings.